The van der Waals surface area contributed by atoms with Crippen molar-refractivity contribution in [1.29, 1.82) is 0 Å². The summed E-state index contributed by atoms with van der Waals surface area (Å²) in [5, 5.41) is 11.1. The van der Waals surface area contributed by atoms with Crippen molar-refractivity contribution in [3.05, 3.63) is 72.3 Å². The van der Waals surface area contributed by atoms with Crippen LogP contribution in [0, 0.1) is 0 Å². The van der Waals surface area contributed by atoms with Crippen LogP contribution in [0.15, 0.2) is 66.7 Å². The van der Waals surface area contributed by atoms with Crippen molar-refractivity contribution in [1.82, 2.24) is 0 Å². The second kappa shape index (κ2) is 5.17. The highest BCUT2D eigenvalue weighted by Crippen LogP contribution is 2.29. The number of carboxylic acids is 1. The van der Waals surface area contributed by atoms with Crippen LogP contribution in [-0.2, 0) is 11.2 Å². The SMILES string of the molecule is O=C(O)Cc1ccc2c(-c3ccccc3)cccc2c1. The van der Waals surface area contributed by atoms with Crippen LogP contribution < -0.4 is 0 Å². The molecule has 0 radical (unpaired) electrons. The van der Waals surface area contributed by atoms with Gasteiger partial charge in [-0.2, -0.15) is 0 Å². The third kappa shape index (κ3) is 2.41. The highest BCUT2D eigenvalue weighted by Gasteiger charge is 2.05. The molecule has 0 unspecified atom stereocenters. The zero-order valence-electron chi connectivity index (χ0n) is 10.9. The quantitative estimate of drug-likeness (QED) is 0.770. The average Bonchev–Trinajstić information content (AvgIpc) is 2.46. The Morgan fingerprint density at radius 3 is 2.45 bits per heavy atom. The van der Waals surface area contributed by atoms with Crippen molar-refractivity contribution < 1.29 is 9.90 Å². The van der Waals surface area contributed by atoms with Crippen LogP contribution in [0.25, 0.3) is 21.9 Å². The number of carboxylic acid groups (broad SMARTS) is 1. The largest absolute Gasteiger partial charge is 0.481 e. The molecular formula is C18H14O2. The van der Waals surface area contributed by atoms with E-state index >= 15 is 0 Å². The van der Waals surface area contributed by atoms with E-state index < -0.39 is 5.97 Å². The fraction of sp³-hybridized carbons (Fsp3) is 0.0556. The summed E-state index contributed by atoms with van der Waals surface area (Å²) in [6, 6.07) is 22.2. The molecule has 20 heavy (non-hydrogen) atoms. The molecule has 0 aliphatic heterocycles. The Morgan fingerprint density at radius 2 is 1.70 bits per heavy atom. The number of aliphatic carboxylic acids is 1. The number of fused-ring (bicyclic) bond motifs is 1. The molecule has 3 aromatic carbocycles. The molecule has 0 bridgehead atoms. The number of hydrogen-bond donors (Lipinski definition) is 1. The standard InChI is InChI=1S/C18H14O2/c19-18(20)12-13-9-10-17-15(11-13)7-4-8-16(17)14-5-2-1-3-6-14/h1-11H,12H2,(H,19,20). The second-order valence-corrected chi connectivity index (χ2v) is 4.80. The van der Waals surface area contributed by atoms with E-state index in [2.05, 4.69) is 18.2 Å². The molecule has 1 N–H and O–H groups in total. The van der Waals surface area contributed by atoms with Crippen molar-refractivity contribution in [2.45, 2.75) is 6.42 Å². The normalized spacial score (nSPS) is 10.6. The summed E-state index contributed by atoms with van der Waals surface area (Å²) >= 11 is 0. The van der Waals surface area contributed by atoms with Gasteiger partial charge in [0.2, 0.25) is 0 Å². The smallest absolute Gasteiger partial charge is 0.307 e. The van der Waals surface area contributed by atoms with E-state index in [0.717, 1.165) is 16.3 Å². The van der Waals surface area contributed by atoms with E-state index in [1.54, 1.807) is 0 Å². The maximum absolute atomic E-state index is 10.8. The van der Waals surface area contributed by atoms with Crippen LogP contribution in [0.5, 0.6) is 0 Å². The van der Waals surface area contributed by atoms with Gasteiger partial charge in [0.25, 0.3) is 0 Å². The minimum atomic E-state index is -0.802. The Balaban J connectivity index is 2.14. The highest BCUT2D eigenvalue weighted by atomic mass is 16.4. The van der Waals surface area contributed by atoms with Crippen molar-refractivity contribution in [3.63, 3.8) is 0 Å². The van der Waals surface area contributed by atoms with Gasteiger partial charge in [0.15, 0.2) is 0 Å². The molecule has 2 nitrogen and oxygen atoms in total. The van der Waals surface area contributed by atoms with Crippen LogP contribution in [0.2, 0.25) is 0 Å². The van der Waals surface area contributed by atoms with Gasteiger partial charge in [-0.1, -0.05) is 66.7 Å². The second-order valence-electron chi connectivity index (χ2n) is 4.80. The minimum absolute atomic E-state index is 0.0610. The first kappa shape index (κ1) is 12.4. The van der Waals surface area contributed by atoms with Crippen LogP contribution in [0.1, 0.15) is 5.56 Å². The van der Waals surface area contributed by atoms with Gasteiger partial charge in [-0.05, 0) is 27.5 Å². The summed E-state index contributed by atoms with van der Waals surface area (Å²) in [7, 11) is 0. The fourth-order valence-corrected chi connectivity index (χ4v) is 2.49. The molecule has 0 fully saturated rings. The number of carbonyl (C=O) groups is 1. The lowest BCUT2D eigenvalue weighted by Gasteiger charge is -2.08. The van der Waals surface area contributed by atoms with Crippen molar-refractivity contribution in [2.24, 2.45) is 0 Å². The predicted molar refractivity (Wildman–Crippen MR) is 80.7 cm³/mol. The summed E-state index contributed by atoms with van der Waals surface area (Å²) in [6.07, 6.45) is 0.0610. The molecule has 0 aliphatic rings. The van der Waals surface area contributed by atoms with E-state index in [1.165, 1.54) is 11.1 Å². The third-order valence-corrected chi connectivity index (χ3v) is 3.38. The molecule has 0 aromatic heterocycles. The van der Waals surface area contributed by atoms with E-state index in [1.807, 2.05) is 48.5 Å². The molecule has 3 aromatic rings. The van der Waals surface area contributed by atoms with Crippen LogP contribution in [0.4, 0.5) is 0 Å². The molecule has 0 amide bonds. The van der Waals surface area contributed by atoms with E-state index in [9.17, 15) is 4.79 Å². The Kier molecular flexibility index (Phi) is 3.21. The Bertz CT molecular complexity index is 761. The molecule has 3 rings (SSSR count). The van der Waals surface area contributed by atoms with Gasteiger partial charge in [-0.15, -0.1) is 0 Å². The zero-order chi connectivity index (χ0) is 13.9. The van der Waals surface area contributed by atoms with Crippen molar-refractivity contribution >= 4 is 16.7 Å². The summed E-state index contributed by atoms with van der Waals surface area (Å²) in [5.74, 6) is -0.802. The van der Waals surface area contributed by atoms with Crippen molar-refractivity contribution in [2.75, 3.05) is 0 Å². The summed E-state index contributed by atoms with van der Waals surface area (Å²) in [6.45, 7) is 0. The molecule has 0 atom stereocenters. The maximum Gasteiger partial charge on any atom is 0.307 e. The number of hydrogen-bond acceptors (Lipinski definition) is 1. The lowest BCUT2D eigenvalue weighted by Crippen LogP contribution is -1.99. The Morgan fingerprint density at radius 1 is 0.900 bits per heavy atom. The first-order valence-corrected chi connectivity index (χ1v) is 6.53. The molecule has 0 aliphatic carbocycles. The van der Waals surface area contributed by atoms with Gasteiger partial charge >= 0.3 is 5.97 Å². The minimum Gasteiger partial charge on any atom is -0.481 e. The monoisotopic (exact) mass is 262 g/mol. The molecule has 0 spiro atoms. The molecule has 2 heteroatoms. The van der Waals surface area contributed by atoms with E-state index in [-0.39, 0.29) is 6.42 Å². The molecule has 0 saturated heterocycles. The van der Waals surface area contributed by atoms with E-state index in [0.29, 0.717) is 0 Å². The van der Waals surface area contributed by atoms with Crippen molar-refractivity contribution in [3.8, 4) is 11.1 Å². The first-order chi connectivity index (χ1) is 9.74. The fourth-order valence-electron chi connectivity index (χ4n) is 2.49. The molecular weight excluding hydrogens is 248 g/mol. The summed E-state index contributed by atoms with van der Waals surface area (Å²) in [5.41, 5.74) is 3.17. The summed E-state index contributed by atoms with van der Waals surface area (Å²) < 4.78 is 0. The average molecular weight is 262 g/mol. The topological polar surface area (TPSA) is 37.3 Å². The van der Waals surface area contributed by atoms with Crippen LogP contribution in [0.3, 0.4) is 0 Å². The Hall–Kier alpha value is -2.61. The summed E-state index contributed by atoms with van der Waals surface area (Å²) in [4.78, 5) is 10.8. The molecule has 0 saturated carbocycles. The first-order valence-electron chi connectivity index (χ1n) is 6.53. The highest BCUT2D eigenvalue weighted by molar-refractivity contribution is 5.97. The zero-order valence-corrected chi connectivity index (χ0v) is 10.9. The van der Waals surface area contributed by atoms with E-state index in [4.69, 9.17) is 5.11 Å². The lowest BCUT2D eigenvalue weighted by molar-refractivity contribution is -0.136. The Labute approximate surface area is 117 Å². The van der Waals surface area contributed by atoms with Crippen LogP contribution in [-0.4, -0.2) is 11.1 Å². The molecule has 98 valence electrons. The predicted octanol–water partition coefficient (Wildman–Crippen LogP) is 4.13. The van der Waals surface area contributed by atoms with Gasteiger partial charge in [0.05, 0.1) is 6.42 Å². The van der Waals surface area contributed by atoms with Crippen LogP contribution >= 0.6 is 0 Å². The van der Waals surface area contributed by atoms with Gasteiger partial charge in [0.1, 0.15) is 0 Å². The van der Waals surface area contributed by atoms with Gasteiger partial charge in [-0.25, -0.2) is 0 Å². The lowest BCUT2D eigenvalue weighted by atomic mass is 9.96. The van der Waals surface area contributed by atoms with Gasteiger partial charge in [0, 0.05) is 0 Å². The van der Waals surface area contributed by atoms with Gasteiger partial charge < -0.3 is 5.11 Å². The molecule has 0 heterocycles. The number of rotatable bonds is 3. The third-order valence-electron chi connectivity index (χ3n) is 3.38. The number of benzene rings is 3. The maximum atomic E-state index is 10.8. The van der Waals surface area contributed by atoms with Gasteiger partial charge in [-0.3, -0.25) is 4.79 Å².